The summed E-state index contributed by atoms with van der Waals surface area (Å²) >= 11 is 0. The Bertz CT molecular complexity index is 2230. The number of carbonyl (C=O) groups is 4. The van der Waals surface area contributed by atoms with Gasteiger partial charge < -0.3 is 39.1 Å². The number of nitrogens with zero attached hydrogens (tertiary/aromatic N) is 2. The van der Waals surface area contributed by atoms with Crippen molar-refractivity contribution in [1.82, 2.24) is 19.9 Å². The molecule has 4 N–H and O–H groups in total. The lowest BCUT2D eigenvalue weighted by molar-refractivity contribution is -0.197. The summed E-state index contributed by atoms with van der Waals surface area (Å²) in [6, 6.07) is 10.5. The maximum absolute atomic E-state index is 14.7. The van der Waals surface area contributed by atoms with E-state index in [9.17, 15) is 29.4 Å². The van der Waals surface area contributed by atoms with E-state index in [0.29, 0.717) is 33.5 Å². The van der Waals surface area contributed by atoms with E-state index in [1.54, 1.807) is 52.0 Å². The molecule has 0 amide bonds. The number of ether oxygens (including phenoxy) is 4. The van der Waals surface area contributed by atoms with Gasteiger partial charge in [0.2, 0.25) is 0 Å². The standard InChI is InChI=1S/C40H46N4O10/c1-17-10-24-12-33-39(7,37-31(53-21(5)45)15-29(47)19(3)51-37)35(49)27(43-33)11-23-9-18(2)26(41-23)14-34-40(8,36(50)28(44-34)13-25(17)42-24)38-32(54-22(6)46)16-30(48)20(4)52-38/h9-14,19-20,29-32,37-38,41-42,47-48H,15-16H2,1-8H3/t19-,20-,29-,30-,31-,32-,37-,38-,39-,40-/m1/s1. The number of ketones is 2. The van der Waals surface area contributed by atoms with Crippen LogP contribution in [0.5, 0.6) is 0 Å². The van der Waals surface area contributed by atoms with Gasteiger partial charge in [0.1, 0.15) is 46.6 Å². The number of aryl methyl sites for hydroxylation is 2. The van der Waals surface area contributed by atoms with E-state index in [1.807, 2.05) is 26.0 Å². The number of aliphatic hydroxyl groups excluding tert-OH is 2. The zero-order chi connectivity index (χ0) is 39.0. The lowest BCUT2D eigenvalue weighted by atomic mass is 9.73. The van der Waals surface area contributed by atoms with Gasteiger partial charge in [0.15, 0.2) is 11.6 Å². The Balaban J connectivity index is 1.45. The smallest absolute Gasteiger partial charge is 0.302 e. The Labute approximate surface area is 311 Å². The third-order valence-corrected chi connectivity index (χ3v) is 11.5. The number of Topliss-reactive ketones (excluding diaryl/α,β-unsaturated/α-hetero) is 2. The van der Waals surface area contributed by atoms with Gasteiger partial charge in [0.25, 0.3) is 0 Å². The molecule has 0 spiro atoms. The van der Waals surface area contributed by atoms with Crippen molar-refractivity contribution in [3.8, 4) is 0 Å². The molecule has 54 heavy (non-hydrogen) atoms. The van der Waals surface area contributed by atoms with Crippen LogP contribution in [0.4, 0.5) is 0 Å². The van der Waals surface area contributed by atoms with Crippen molar-refractivity contribution < 1.29 is 48.3 Å². The average Bonchev–Trinajstić information content (AvgIpc) is 3.76. The van der Waals surface area contributed by atoms with Gasteiger partial charge in [-0.15, -0.1) is 0 Å². The molecule has 8 bridgehead atoms. The van der Waals surface area contributed by atoms with E-state index in [0.717, 1.165) is 11.1 Å². The predicted octanol–water partition coefficient (Wildman–Crippen LogP) is 4.15. The number of H-pyrrole nitrogens is 2. The van der Waals surface area contributed by atoms with Gasteiger partial charge in [-0.25, -0.2) is 9.97 Å². The first-order chi connectivity index (χ1) is 25.4. The minimum atomic E-state index is -1.43. The highest BCUT2D eigenvalue weighted by molar-refractivity contribution is 6.07. The van der Waals surface area contributed by atoms with Gasteiger partial charge in [0, 0.05) is 48.8 Å². The number of carbonyl (C=O) groups excluding carboxylic acids is 4. The Morgan fingerprint density at radius 3 is 1.57 bits per heavy atom. The van der Waals surface area contributed by atoms with Crippen molar-refractivity contribution in [2.45, 2.75) is 128 Å². The van der Waals surface area contributed by atoms with Crippen molar-refractivity contribution in [3.05, 3.63) is 70.3 Å². The van der Waals surface area contributed by atoms with Crippen LogP contribution in [-0.2, 0) is 39.4 Å². The van der Waals surface area contributed by atoms with Crippen LogP contribution in [-0.4, -0.2) is 102 Å². The summed E-state index contributed by atoms with van der Waals surface area (Å²) in [5.41, 5.74) is 2.05. The first-order valence-electron chi connectivity index (χ1n) is 18.2. The molecule has 3 aromatic heterocycles. The molecule has 2 fully saturated rings. The third-order valence-electron chi connectivity index (χ3n) is 11.5. The van der Waals surface area contributed by atoms with Crippen LogP contribution in [0.3, 0.4) is 0 Å². The summed E-state index contributed by atoms with van der Waals surface area (Å²) in [5.74, 6) is -1.83. The molecule has 0 unspecified atom stereocenters. The average molecular weight is 743 g/mol. The molecule has 0 radical (unpaired) electrons. The van der Waals surface area contributed by atoms with E-state index >= 15 is 0 Å². The van der Waals surface area contributed by atoms with Crippen LogP contribution in [0.15, 0.2) is 36.4 Å². The first-order valence-corrected chi connectivity index (χ1v) is 18.2. The summed E-state index contributed by atoms with van der Waals surface area (Å²) in [4.78, 5) is 70.1. The minimum Gasteiger partial charge on any atom is -0.460 e. The molecule has 0 aliphatic carbocycles. The zero-order valence-corrected chi connectivity index (χ0v) is 31.6. The molecule has 2 saturated heterocycles. The fourth-order valence-electron chi connectivity index (χ4n) is 8.28. The molecular formula is C40H46N4O10. The lowest BCUT2D eigenvalue weighted by Crippen LogP contribution is -2.57. The van der Waals surface area contributed by atoms with Crippen molar-refractivity contribution in [2.75, 3.05) is 0 Å². The lowest BCUT2D eigenvalue weighted by Gasteiger charge is -2.44. The second-order valence-corrected chi connectivity index (χ2v) is 15.5. The predicted molar refractivity (Wildman–Crippen MR) is 195 cm³/mol. The van der Waals surface area contributed by atoms with Crippen molar-refractivity contribution >= 4 is 45.6 Å². The molecule has 14 nitrogen and oxygen atoms in total. The molecule has 0 saturated carbocycles. The SMILES string of the molecule is CC(=O)O[C@@H]1C[C@@H](O)[C@@H](C)O[C@H]1[C@@]1(C)C(=O)c2cc3cc(C)c(cc4nc(cc5[nH]c(cc1n2)cc5C)C(=O)[C@]4(C)[C@@H]1O[C@H](C)[C@H](O)C[C@H]1OC(C)=O)[nH]3. The van der Waals surface area contributed by atoms with E-state index in [2.05, 4.69) is 9.97 Å². The number of fused-ring (bicyclic) bond motifs is 8. The minimum absolute atomic E-state index is 0.0804. The second-order valence-electron chi connectivity index (χ2n) is 15.5. The van der Waals surface area contributed by atoms with E-state index in [-0.39, 0.29) is 35.8 Å². The molecule has 4 aliphatic rings. The summed E-state index contributed by atoms with van der Waals surface area (Å²) in [7, 11) is 0. The molecule has 3 aromatic rings. The number of aromatic nitrogens is 4. The van der Waals surface area contributed by atoms with Crippen molar-refractivity contribution in [1.29, 1.82) is 0 Å². The maximum atomic E-state index is 14.7. The van der Waals surface area contributed by atoms with Crippen LogP contribution in [0, 0.1) is 13.8 Å². The normalized spacial score (nSPS) is 32.7. The van der Waals surface area contributed by atoms with E-state index < -0.39 is 71.6 Å². The topological polar surface area (TPSA) is 203 Å². The largest absolute Gasteiger partial charge is 0.460 e. The van der Waals surface area contributed by atoms with Gasteiger partial charge in [-0.2, -0.15) is 0 Å². The molecule has 0 aromatic carbocycles. The van der Waals surface area contributed by atoms with E-state index in [1.165, 1.54) is 13.8 Å². The van der Waals surface area contributed by atoms with Gasteiger partial charge in [-0.1, -0.05) is 0 Å². The number of nitrogens with one attached hydrogen (secondary N) is 2. The van der Waals surface area contributed by atoms with E-state index in [4.69, 9.17) is 28.9 Å². The highest BCUT2D eigenvalue weighted by atomic mass is 16.6. The summed E-state index contributed by atoms with van der Waals surface area (Å²) in [5, 5.41) is 21.3. The number of esters is 2. The molecule has 7 heterocycles. The van der Waals surface area contributed by atoms with Gasteiger partial charge >= 0.3 is 11.9 Å². The Hall–Kier alpha value is -4.76. The summed E-state index contributed by atoms with van der Waals surface area (Å²) in [6.07, 6.45) is -6.74. The van der Waals surface area contributed by atoms with Crippen LogP contribution in [0.1, 0.15) is 97.9 Å². The third kappa shape index (κ3) is 6.24. The van der Waals surface area contributed by atoms with Gasteiger partial charge in [0.05, 0.1) is 35.8 Å². The molecular weight excluding hydrogens is 696 g/mol. The Kier molecular flexibility index (Phi) is 9.40. The van der Waals surface area contributed by atoms with Crippen molar-refractivity contribution in [2.24, 2.45) is 0 Å². The first kappa shape index (κ1) is 37.6. The molecule has 10 atom stereocenters. The number of aliphatic hydroxyl groups is 2. The summed E-state index contributed by atoms with van der Waals surface area (Å²) in [6.45, 7) is 13.1. The molecule has 7 rings (SSSR count). The van der Waals surface area contributed by atoms with Gasteiger partial charge in [-0.3, -0.25) is 19.2 Å². The highest BCUT2D eigenvalue weighted by Crippen LogP contribution is 2.44. The van der Waals surface area contributed by atoms with Crippen LogP contribution in [0.2, 0.25) is 0 Å². The maximum Gasteiger partial charge on any atom is 0.302 e. The molecule has 4 aliphatic heterocycles. The van der Waals surface area contributed by atoms with Crippen LogP contribution >= 0.6 is 0 Å². The Morgan fingerprint density at radius 1 is 0.704 bits per heavy atom. The Morgan fingerprint density at radius 2 is 1.11 bits per heavy atom. The van der Waals surface area contributed by atoms with Gasteiger partial charge in [-0.05, 0) is 89.1 Å². The number of hydrogen-bond acceptors (Lipinski definition) is 12. The number of rotatable bonds is 4. The highest BCUT2D eigenvalue weighted by Gasteiger charge is 2.57. The zero-order valence-electron chi connectivity index (χ0n) is 31.6. The second kappa shape index (κ2) is 13.5. The fourth-order valence-corrected chi connectivity index (χ4v) is 8.28. The number of aromatic amines is 2. The summed E-state index contributed by atoms with van der Waals surface area (Å²) < 4.78 is 23.9. The molecule has 14 heteroatoms. The van der Waals surface area contributed by atoms with Crippen LogP contribution in [0.25, 0.3) is 22.1 Å². The fraction of sp³-hybridized carbons (Fsp3) is 0.500. The van der Waals surface area contributed by atoms with Crippen molar-refractivity contribution in [3.63, 3.8) is 0 Å². The molecule has 286 valence electrons. The number of hydrogen-bond donors (Lipinski definition) is 4. The van der Waals surface area contributed by atoms with Crippen LogP contribution < -0.4 is 0 Å². The quantitative estimate of drug-likeness (QED) is 0.279. The monoisotopic (exact) mass is 742 g/mol.